The predicted octanol–water partition coefficient (Wildman–Crippen LogP) is 3.00. The first kappa shape index (κ1) is 19.5. The molecule has 3 atom stereocenters. The summed E-state index contributed by atoms with van der Waals surface area (Å²) in [5, 5.41) is 3.77. The van der Waals surface area contributed by atoms with Crippen LogP contribution in [0.3, 0.4) is 0 Å². The van der Waals surface area contributed by atoms with Gasteiger partial charge < -0.3 is 14.8 Å². The Bertz CT molecular complexity index is 798. The number of amides is 1. The van der Waals surface area contributed by atoms with E-state index in [2.05, 4.69) is 16.2 Å². The second-order valence-corrected chi connectivity index (χ2v) is 6.94. The molecule has 0 bridgehead atoms. The summed E-state index contributed by atoms with van der Waals surface area (Å²) >= 11 is 5.97. The molecule has 3 rings (SSSR count). The van der Waals surface area contributed by atoms with Crippen LogP contribution in [-0.2, 0) is 4.79 Å². The van der Waals surface area contributed by atoms with Gasteiger partial charge in [0.25, 0.3) is 0 Å². The number of hydrogen-bond acceptors (Lipinski definition) is 5. The summed E-state index contributed by atoms with van der Waals surface area (Å²) in [7, 11) is 3.22. The van der Waals surface area contributed by atoms with Gasteiger partial charge in [-0.25, -0.2) is 5.43 Å². The molecule has 144 valence electrons. The van der Waals surface area contributed by atoms with Crippen LogP contribution in [0.1, 0.15) is 30.1 Å². The van der Waals surface area contributed by atoms with Crippen molar-refractivity contribution < 1.29 is 14.3 Å². The van der Waals surface area contributed by atoms with Crippen molar-refractivity contribution in [3.8, 4) is 11.5 Å². The molecule has 3 unspecified atom stereocenters. The highest BCUT2D eigenvalue weighted by atomic mass is 35.5. The highest BCUT2D eigenvalue weighted by Gasteiger charge is 2.34. The fraction of sp³-hybridized carbons (Fsp3) is 0.350. The molecule has 0 aromatic heterocycles. The van der Waals surface area contributed by atoms with E-state index in [1.807, 2.05) is 49.4 Å². The van der Waals surface area contributed by atoms with Gasteiger partial charge >= 0.3 is 0 Å². The van der Waals surface area contributed by atoms with Crippen molar-refractivity contribution in [2.75, 3.05) is 20.8 Å². The average Bonchev–Trinajstić information content (AvgIpc) is 3.18. The molecule has 0 spiro atoms. The van der Waals surface area contributed by atoms with E-state index >= 15 is 0 Å². The Kier molecular flexibility index (Phi) is 6.21. The number of nitrogens with one attached hydrogen (secondary N) is 3. The van der Waals surface area contributed by atoms with Crippen LogP contribution in [0.15, 0.2) is 42.5 Å². The Balaban J connectivity index is 1.75. The van der Waals surface area contributed by atoms with E-state index in [-0.39, 0.29) is 23.9 Å². The predicted molar refractivity (Wildman–Crippen MR) is 105 cm³/mol. The molecule has 1 aliphatic rings. The Morgan fingerprint density at radius 3 is 2.59 bits per heavy atom. The lowest BCUT2D eigenvalue weighted by Gasteiger charge is -2.23. The van der Waals surface area contributed by atoms with E-state index in [1.54, 1.807) is 14.2 Å². The molecule has 1 aliphatic heterocycles. The summed E-state index contributed by atoms with van der Waals surface area (Å²) in [6, 6.07) is 12.7. The number of carbonyl (C=O) groups is 1. The van der Waals surface area contributed by atoms with E-state index < -0.39 is 0 Å². The maximum atomic E-state index is 12.9. The van der Waals surface area contributed by atoms with E-state index in [1.165, 1.54) is 0 Å². The van der Waals surface area contributed by atoms with Crippen molar-refractivity contribution in [3.63, 3.8) is 0 Å². The summed E-state index contributed by atoms with van der Waals surface area (Å²) < 4.78 is 10.7. The molecule has 0 saturated carbocycles. The maximum Gasteiger partial charge on any atom is 0.226 e. The molecule has 2 aromatic rings. The summed E-state index contributed by atoms with van der Waals surface area (Å²) in [4.78, 5) is 12.9. The summed E-state index contributed by atoms with van der Waals surface area (Å²) in [5.74, 6) is 1.14. The number of hydrazine groups is 1. The van der Waals surface area contributed by atoms with E-state index in [0.29, 0.717) is 17.3 Å². The van der Waals surface area contributed by atoms with E-state index in [0.717, 1.165) is 16.9 Å². The van der Waals surface area contributed by atoms with Crippen LogP contribution >= 0.6 is 11.6 Å². The standard InChI is InChI=1S/C20H24ClN3O3/c1-12(16-10-15(26-2)8-9-18(16)27-3)23-20(25)17-11-22-24-19(17)13-4-6-14(21)7-5-13/h4-10,12,17,19,22,24H,11H2,1-3H3,(H,23,25). The lowest BCUT2D eigenvalue weighted by molar-refractivity contribution is -0.125. The zero-order valence-electron chi connectivity index (χ0n) is 15.6. The molecule has 1 fully saturated rings. The molecule has 6 nitrogen and oxygen atoms in total. The van der Waals surface area contributed by atoms with Gasteiger partial charge in [0.15, 0.2) is 0 Å². The molecule has 1 saturated heterocycles. The van der Waals surface area contributed by atoms with Gasteiger partial charge in [0.2, 0.25) is 5.91 Å². The fourth-order valence-corrected chi connectivity index (χ4v) is 3.43. The zero-order chi connectivity index (χ0) is 19.4. The van der Waals surface area contributed by atoms with Gasteiger partial charge in [-0.1, -0.05) is 23.7 Å². The Morgan fingerprint density at radius 2 is 1.93 bits per heavy atom. The third kappa shape index (κ3) is 4.35. The molecule has 3 N–H and O–H groups in total. The molecule has 1 amide bonds. The third-order valence-electron chi connectivity index (χ3n) is 4.81. The third-order valence-corrected chi connectivity index (χ3v) is 5.06. The number of benzene rings is 2. The highest BCUT2D eigenvalue weighted by Crippen LogP contribution is 2.31. The first-order chi connectivity index (χ1) is 13.0. The first-order valence-electron chi connectivity index (χ1n) is 8.79. The average molecular weight is 390 g/mol. The first-order valence-corrected chi connectivity index (χ1v) is 9.17. The van der Waals surface area contributed by atoms with Crippen molar-refractivity contribution in [1.82, 2.24) is 16.2 Å². The van der Waals surface area contributed by atoms with Gasteiger partial charge in [-0.3, -0.25) is 10.2 Å². The molecular weight excluding hydrogens is 366 g/mol. The number of halogens is 1. The zero-order valence-corrected chi connectivity index (χ0v) is 16.3. The minimum atomic E-state index is -0.245. The van der Waals surface area contributed by atoms with Gasteiger partial charge in [0, 0.05) is 17.1 Å². The number of hydrogen-bond donors (Lipinski definition) is 3. The number of rotatable bonds is 6. The van der Waals surface area contributed by atoms with Gasteiger partial charge in [0.05, 0.1) is 32.2 Å². The van der Waals surface area contributed by atoms with Crippen molar-refractivity contribution >= 4 is 17.5 Å². The minimum Gasteiger partial charge on any atom is -0.497 e. The fourth-order valence-electron chi connectivity index (χ4n) is 3.30. The SMILES string of the molecule is COc1ccc(OC)c(C(C)NC(=O)C2CNNC2c2ccc(Cl)cc2)c1. The van der Waals surface area contributed by atoms with E-state index in [9.17, 15) is 4.79 Å². The monoisotopic (exact) mass is 389 g/mol. The minimum absolute atomic E-state index is 0.0372. The van der Waals surface area contributed by atoms with Crippen LogP contribution in [0.2, 0.25) is 5.02 Å². The van der Waals surface area contributed by atoms with Crippen LogP contribution in [0.25, 0.3) is 0 Å². The van der Waals surface area contributed by atoms with Gasteiger partial charge in [0.1, 0.15) is 11.5 Å². The molecule has 1 heterocycles. The van der Waals surface area contributed by atoms with Crippen molar-refractivity contribution in [2.24, 2.45) is 5.92 Å². The van der Waals surface area contributed by atoms with Crippen LogP contribution < -0.4 is 25.6 Å². The number of ether oxygens (including phenoxy) is 2. The van der Waals surface area contributed by atoms with E-state index in [4.69, 9.17) is 21.1 Å². The highest BCUT2D eigenvalue weighted by molar-refractivity contribution is 6.30. The summed E-state index contributed by atoms with van der Waals surface area (Å²) in [6.45, 7) is 2.48. The van der Waals surface area contributed by atoms with Crippen molar-refractivity contribution in [2.45, 2.75) is 19.0 Å². The Morgan fingerprint density at radius 1 is 1.19 bits per heavy atom. The van der Waals surface area contributed by atoms with Crippen LogP contribution in [0.4, 0.5) is 0 Å². The second kappa shape index (κ2) is 8.61. The van der Waals surface area contributed by atoms with Gasteiger partial charge in [-0.2, -0.15) is 0 Å². The molecule has 7 heteroatoms. The molecule has 27 heavy (non-hydrogen) atoms. The number of methoxy groups -OCH3 is 2. The molecule has 0 radical (unpaired) electrons. The smallest absolute Gasteiger partial charge is 0.226 e. The molecule has 0 aliphatic carbocycles. The van der Waals surface area contributed by atoms with Crippen molar-refractivity contribution in [1.29, 1.82) is 0 Å². The number of carbonyl (C=O) groups excluding carboxylic acids is 1. The lowest BCUT2D eigenvalue weighted by atomic mass is 9.93. The Labute approximate surface area is 164 Å². The largest absolute Gasteiger partial charge is 0.497 e. The van der Waals surface area contributed by atoms with Crippen LogP contribution in [-0.4, -0.2) is 26.7 Å². The maximum absolute atomic E-state index is 12.9. The Hall–Kier alpha value is -2.28. The summed E-state index contributed by atoms with van der Waals surface area (Å²) in [6.07, 6.45) is 0. The van der Waals surface area contributed by atoms with Crippen LogP contribution in [0, 0.1) is 5.92 Å². The molecule has 2 aromatic carbocycles. The van der Waals surface area contributed by atoms with Crippen LogP contribution in [0.5, 0.6) is 11.5 Å². The summed E-state index contributed by atoms with van der Waals surface area (Å²) in [5.41, 5.74) is 8.14. The topological polar surface area (TPSA) is 71.6 Å². The van der Waals surface area contributed by atoms with Gasteiger partial charge in [-0.15, -0.1) is 0 Å². The molecular formula is C20H24ClN3O3. The normalized spacial score (nSPS) is 20.1. The van der Waals surface area contributed by atoms with Crippen molar-refractivity contribution in [3.05, 3.63) is 58.6 Å². The lowest BCUT2D eigenvalue weighted by Crippen LogP contribution is -2.36. The second-order valence-electron chi connectivity index (χ2n) is 6.50. The quantitative estimate of drug-likeness (QED) is 0.708. The van der Waals surface area contributed by atoms with Gasteiger partial charge in [-0.05, 0) is 42.8 Å².